The van der Waals surface area contributed by atoms with E-state index in [0.29, 0.717) is 35.3 Å². The van der Waals surface area contributed by atoms with E-state index < -0.39 is 24.6 Å². The number of esters is 2. The van der Waals surface area contributed by atoms with Gasteiger partial charge in [-0.3, -0.25) is 0 Å². The molecule has 0 bridgehead atoms. The van der Waals surface area contributed by atoms with Gasteiger partial charge in [0.15, 0.2) is 0 Å². The zero-order chi connectivity index (χ0) is 32.9. The van der Waals surface area contributed by atoms with Crippen molar-refractivity contribution in [3.63, 3.8) is 0 Å². The van der Waals surface area contributed by atoms with Crippen molar-refractivity contribution < 1.29 is 28.9 Å². The van der Waals surface area contributed by atoms with Crippen molar-refractivity contribution in [2.75, 3.05) is 19.8 Å². The third-order valence-corrected chi connectivity index (χ3v) is 13.1. The summed E-state index contributed by atoms with van der Waals surface area (Å²) in [7, 11) is 0. The lowest BCUT2D eigenvalue weighted by molar-refractivity contribution is -0.157. The first-order valence-corrected chi connectivity index (χ1v) is 18.2. The average Bonchev–Trinajstić information content (AvgIpc) is 3.36. The highest BCUT2D eigenvalue weighted by Gasteiger charge is 2.60. The van der Waals surface area contributed by atoms with Gasteiger partial charge in [-0.2, -0.15) is 0 Å². The first-order chi connectivity index (χ1) is 21.3. The third kappa shape index (κ3) is 8.26. The Morgan fingerprint density at radius 3 is 2.29 bits per heavy atom. The minimum absolute atomic E-state index is 0.0294. The number of carbonyl (C=O) groups excluding carboxylic acids is 2. The summed E-state index contributed by atoms with van der Waals surface area (Å²) in [5.74, 6) is 4.72. The van der Waals surface area contributed by atoms with E-state index in [-0.39, 0.29) is 18.3 Å². The molecule has 0 spiro atoms. The number of hydrogen-bond donors (Lipinski definition) is 1. The highest BCUT2D eigenvalue weighted by molar-refractivity contribution is 5.88. The maximum absolute atomic E-state index is 12.2. The molecule has 4 aliphatic carbocycles. The zero-order valence-corrected chi connectivity index (χ0v) is 29.4. The number of hydrogen-bond acceptors (Lipinski definition) is 6. The number of carbonyl (C=O) groups is 2. The number of aliphatic hydroxyl groups excluding tert-OH is 1. The lowest BCUT2D eigenvalue weighted by Gasteiger charge is -2.61. The van der Waals surface area contributed by atoms with Crippen LogP contribution in [-0.4, -0.2) is 49.1 Å². The van der Waals surface area contributed by atoms with Gasteiger partial charge in [0.05, 0.1) is 24.9 Å². The van der Waals surface area contributed by atoms with E-state index in [2.05, 4.69) is 47.8 Å². The minimum atomic E-state index is -0.690. The van der Waals surface area contributed by atoms with Crippen LogP contribution < -0.4 is 0 Å². The molecule has 0 aromatic heterocycles. The molecular formula is C39H64O6. The van der Waals surface area contributed by atoms with Gasteiger partial charge in [0, 0.05) is 12.0 Å². The Morgan fingerprint density at radius 1 is 0.889 bits per heavy atom. The fourth-order valence-corrected chi connectivity index (χ4v) is 10.5. The minimum Gasteiger partial charge on any atom is -0.458 e. The number of aliphatic hydroxyl groups is 1. The Morgan fingerprint density at radius 2 is 1.60 bits per heavy atom. The van der Waals surface area contributed by atoms with Gasteiger partial charge in [-0.05, 0) is 117 Å². The van der Waals surface area contributed by atoms with Crippen LogP contribution in [0.4, 0.5) is 0 Å². The topological polar surface area (TPSA) is 82.1 Å². The molecule has 0 aliphatic heterocycles. The molecule has 0 aromatic rings. The molecule has 10 atom stereocenters. The van der Waals surface area contributed by atoms with E-state index >= 15 is 0 Å². The first-order valence-electron chi connectivity index (χ1n) is 18.2. The van der Waals surface area contributed by atoms with E-state index in [1.807, 2.05) is 0 Å². The average molecular weight is 629 g/mol. The Hall–Kier alpha value is -1.66. The molecule has 0 aromatic carbocycles. The molecule has 6 nitrogen and oxygen atoms in total. The molecule has 4 aliphatic rings. The number of ether oxygens (including phenoxy) is 3. The molecule has 4 unspecified atom stereocenters. The van der Waals surface area contributed by atoms with Gasteiger partial charge in [-0.15, -0.1) is 0 Å². The predicted molar refractivity (Wildman–Crippen MR) is 179 cm³/mol. The van der Waals surface area contributed by atoms with Crippen LogP contribution in [-0.2, 0) is 23.8 Å². The molecular weight excluding hydrogens is 564 g/mol. The maximum Gasteiger partial charge on any atom is 0.335 e. The summed E-state index contributed by atoms with van der Waals surface area (Å²) in [6, 6.07) is 0. The van der Waals surface area contributed by atoms with Gasteiger partial charge in [0.2, 0.25) is 0 Å². The smallest absolute Gasteiger partial charge is 0.335 e. The third-order valence-electron chi connectivity index (χ3n) is 13.1. The standard InChI is InChI=1S/C39H64O6/c1-25(2)10-9-11-27(5)33-14-15-34-32-13-12-29-22-30(16-19-38(29,7)35(32)17-20-39(33,34)8)43-21-18-31(45-36(41)26(3)4)24-44-37(42)28(6)23-40/h25,27,29-35,40H,3,6,9-24H2,1-2,4-5,7-8H3/t27-,29?,30+,31?,32+,33-,34?,35?,38+,39-/m1/s1. The summed E-state index contributed by atoms with van der Waals surface area (Å²) >= 11 is 0. The highest BCUT2D eigenvalue weighted by Crippen LogP contribution is 2.68. The van der Waals surface area contributed by atoms with Gasteiger partial charge in [0.1, 0.15) is 12.7 Å². The second kappa shape index (κ2) is 15.5. The van der Waals surface area contributed by atoms with E-state index in [9.17, 15) is 9.59 Å². The van der Waals surface area contributed by atoms with Crippen LogP contribution in [0.5, 0.6) is 0 Å². The molecule has 45 heavy (non-hydrogen) atoms. The van der Waals surface area contributed by atoms with Crippen molar-refractivity contribution in [2.45, 2.75) is 137 Å². The van der Waals surface area contributed by atoms with Crippen molar-refractivity contribution in [3.05, 3.63) is 24.3 Å². The summed E-state index contributed by atoms with van der Waals surface area (Å²) in [4.78, 5) is 24.2. The van der Waals surface area contributed by atoms with Crippen molar-refractivity contribution >= 4 is 11.9 Å². The van der Waals surface area contributed by atoms with Gasteiger partial charge in [0.25, 0.3) is 0 Å². The normalized spacial score (nSPS) is 35.5. The van der Waals surface area contributed by atoms with E-state index in [4.69, 9.17) is 19.3 Å². The molecule has 4 saturated carbocycles. The van der Waals surface area contributed by atoms with Crippen molar-refractivity contribution in [2.24, 2.45) is 52.3 Å². The predicted octanol–water partition coefficient (Wildman–Crippen LogP) is 8.46. The molecule has 6 heteroatoms. The van der Waals surface area contributed by atoms with Gasteiger partial charge in [-0.1, -0.05) is 67.0 Å². The molecule has 0 radical (unpaired) electrons. The summed E-state index contributed by atoms with van der Waals surface area (Å²) in [6.45, 7) is 21.2. The highest BCUT2D eigenvalue weighted by atomic mass is 16.6. The lowest BCUT2D eigenvalue weighted by atomic mass is 9.44. The van der Waals surface area contributed by atoms with Crippen molar-refractivity contribution in [3.8, 4) is 0 Å². The van der Waals surface area contributed by atoms with Gasteiger partial charge in [-0.25, -0.2) is 9.59 Å². The van der Waals surface area contributed by atoms with Crippen LogP contribution in [0.15, 0.2) is 24.3 Å². The second-order valence-corrected chi connectivity index (χ2v) is 16.4. The van der Waals surface area contributed by atoms with Crippen molar-refractivity contribution in [1.29, 1.82) is 0 Å². The Bertz CT molecular complexity index is 1050. The molecule has 4 rings (SSSR count). The fraction of sp³-hybridized carbons (Fsp3) is 0.846. The summed E-state index contributed by atoms with van der Waals surface area (Å²) in [5, 5.41) is 9.14. The van der Waals surface area contributed by atoms with E-state index in [0.717, 1.165) is 48.3 Å². The maximum atomic E-state index is 12.2. The van der Waals surface area contributed by atoms with Crippen LogP contribution in [0.2, 0.25) is 0 Å². The Balaban J connectivity index is 1.30. The fourth-order valence-electron chi connectivity index (χ4n) is 10.5. The first kappa shape index (κ1) is 36.2. The van der Waals surface area contributed by atoms with Gasteiger partial charge < -0.3 is 19.3 Å². The number of rotatable bonds is 15. The van der Waals surface area contributed by atoms with E-state index in [1.54, 1.807) is 6.92 Å². The summed E-state index contributed by atoms with van der Waals surface area (Å²) in [5.41, 5.74) is 1.21. The molecule has 0 saturated heterocycles. The van der Waals surface area contributed by atoms with Gasteiger partial charge >= 0.3 is 11.9 Å². The van der Waals surface area contributed by atoms with E-state index in [1.165, 1.54) is 64.2 Å². The molecule has 4 fully saturated rings. The zero-order valence-electron chi connectivity index (χ0n) is 29.4. The molecule has 256 valence electrons. The van der Waals surface area contributed by atoms with Crippen LogP contribution in [0.25, 0.3) is 0 Å². The number of fused-ring (bicyclic) bond motifs is 5. The lowest BCUT2D eigenvalue weighted by Crippen LogP contribution is -2.54. The monoisotopic (exact) mass is 628 g/mol. The molecule has 0 heterocycles. The quantitative estimate of drug-likeness (QED) is 0.145. The molecule has 1 N–H and O–H groups in total. The Labute approximate surface area is 274 Å². The SMILES string of the molecule is C=C(C)C(=O)OC(CCO[C@H]1CC[C@@]2(C)C(CC[C@@H]3C2CC[C@@]2(C)C3CC[C@@H]2[C@H](C)CCCC(C)C)C1)COC(=O)C(=C)CO. The van der Waals surface area contributed by atoms with Crippen LogP contribution in [0, 0.1) is 52.3 Å². The van der Waals surface area contributed by atoms with Crippen LogP contribution >= 0.6 is 0 Å². The summed E-state index contributed by atoms with van der Waals surface area (Å²) in [6.07, 6.45) is 16.0. The van der Waals surface area contributed by atoms with Crippen molar-refractivity contribution in [1.82, 2.24) is 0 Å². The van der Waals surface area contributed by atoms with Crippen LogP contribution in [0.3, 0.4) is 0 Å². The second-order valence-electron chi connectivity index (χ2n) is 16.4. The largest absolute Gasteiger partial charge is 0.458 e. The van der Waals surface area contributed by atoms with Crippen LogP contribution in [0.1, 0.15) is 125 Å². The summed E-state index contributed by atoms with van der Waals surface area (Å²) < 4.78 is 17.2. The molecule has 0 amide bonds. The Kier molecular flexibility index (Phi) is 12.5.